The molecular weight excluding hydrogens is 382 g/mol. The minimum Gasteiger partial charge on any atom is -0.369 e. The molecule has 5 nitrogen and oxygen atoms in total. The highest BCUT2D eigenvalue weighted by atomic mass is 32.2. The van der Waals surface area contributed by atoms with Crippen LogP contribution in [0.1, 0.15) is 11.1 Å². The SMILES string of the molecule is CN1CCN(c2cccc3c2CN(S(=O)(=O)c2cccc4ccccc24)C3)CC1. The number of likely N-dealkylation sites (N-methyl/N-ethyl adjacent to an activating group) is 1. The predicted molar refractivity (Wildman–Crippen MR) is 117 cm³/mol. The monoisotopic (exact) mass is 407 g/mol. The van der Waals surface area contributed by atoms with Crippen LogP contribution in [0.4, 0.5) is 5.69 Å². The van der Waals surface area contributed by atoms with Gasteiger partial charge in [-0.25, -0.2) is 8.42 Å². The molecule has 1 saturated heterocycles. The molecule has 0 unspecified atom stereocenters. The lowest BCUT2D eigenvalue weighted by Gasteiger charge is -2.35. The molecule has 0 spiro atoms. The molecule has 2 aliphatic heterocycles. The molecule has 0 aromatic heterocycles. The molecule has 3 aromatic rings. The number of piperazine rings is 1. The molecule has 0 atom stereocenters. The Morgan fingerprint density at radius 1 is 0.793 bits per heavy atom. The van der Waals surface area contributed by atoms with Gasteiger partial charge in [-0.1, -0.05) is 48.5 Å². The van der Waals surface area contributed by atoms with E-state index >= 15 is 0 Å². The summed E-state index contributed by atoms with van der Waals surface area (Å²) in [6.07, 6.45) is 0. The first-order valence-electron chi connectivity index (χ1n) is 10.1. The smallest absolute Gasteiger partial charge is 0.244 e. The third-order valence-corrected chi connectivity index (χ3v) is 7.99. The number of hydrogen-bond acceptors (Lipinski definition) is 4. The summed E-state index contributed by atoms with van der Waals surface area (Å²) in [7, 11) is -1.44. The number of sulfonamides is 1. The normalized spacial score (nSPS) is 18.3. The number of anilines is 1. The second-order valence-electron chi connectivity index (χ2n) is 7.96. The molecule has 0 radical (unpaired) electrons. The van der Waals surface area contributed by atoms with E-state index in [9.17, 15) is 8.42 Å². The molecule has 0 aliphatic carbocycles. The van der Waals surface area contributed by atoms with Crippen LogP contribution < -0.4 is 4.90 Å². The van der Waals surface area contributed by atoms with Crippen molar-refractivity contribution in [3.05, 3.63) is 71.8 Å². The second-order valence-corrected chi connectivity index (χ2v) is 9.86. The van der Waals surface area contributed by atoms with Gasteiger partial charge in [0.15, 0.2) is 0 Å². The van der Waals surface area contributed by atoms with Crippen molar-refractivity contribution in [2.24, 2.45) is 0 Å². The molecule has 150 valence electrons. The number of rotatable bonds is 3. The highest BCUT2D eigenvalue weighted by Crippen LogP contribution is 2.36. The lowest BCUT2D eigenvalue weighted by Crippen LogP contribution is -2.44. The summed E-state index contributed by atoms with van der Waals surface area (Å²) in [5.41, 5.74) is 3.46. The molecule has 1 fully saturated rings. The van der Waals surface area contributed by atoms with Crippen LogP contribution in [0.15, 0.2) is 65.6 Å². The van der Waals surface area contributed by atoms with Crippen molar-refractivity contribution in [2.75, 3.05) is 38.1 Å². The van der Waals surface area contributed by atoms with Gasteiger partial charge >= 0.3 is 0 Å². The zero-order valence-electron chi connectivity index (χ0n) is 16.6. The summed E-state index contributed by atoms with van der Waals surface area (Å²) in [5.74, 6) is 0. The van der Waals surface area contributed by atoms with Crippen LogP contribution in [-0.4, -0.2) is 50.8 Å². The van der Waals surface area contributed by atoms with Crippen LogP contribution in [0.3, 0.4) is 0 Å². The topological polar surface area (TPSA) is 43.9 Å². The maximum atomic E-state index is 13.6. The van der Waals surface area contributed by atoms with E-state index in [1.807, 2.05) is 36.4 Å². The zero-order chi connectivity index (χ0) is 20.0. The number of benzene rings is 3. The Morgan fingerprint density at radius 2 is 1.52 bits per heavy atom. The first kappa shape index (κ1) is 18.6. The van der Waals surface area contributed by atoms with Crippen LogP contribution >= 0.6 is 0 Å². The van der Waals surface area contributed by atoms with Gasteiger partial charge in [0.2, 0.25) is 10.0 Å². The van der Waals surface area contributed by atoms with Gasteiger partial charge < -0.3 is 9.80 Å². The highest BCUT2D eigenvalue weighted by molar-refractivity contribution is 7.89. The van der Waals surface area contributed by atoms with Crippen LogP contribution in [-0.2, 0) is 23.1 Å². The van der Waals surface area contributed by atoms with Gasteiger partial charge in [-0.15, -0.1) is 0 Å². The molecule has 0 saturated carbocycles. The average molecular weight is 408 g/mol. The van der Waals surface area contributed by atoms with Crippen LogP contribution in [0, 0.1) is 0 Å². The van der Waals surface area contributed by atoms with E-state index in [0.717, 1.165) is 48.1 Å². The molecule has 0 bridgehead atoms. The predicted octanol–water partition coefficient (Wildman–Crippen LogP) is 3.30. The van der Waals surface area contributed by atoms with E-state index < -0.39 is 10.0 Å². The van der Waals surface area contributed by atoms with Crippen molar-refractivity contribution in [1.29, 1.82) is 0 Å². The summed E-state index contributed by atoms with van der Waals surface area (Å²) in [5, 5.41) is 1.73. The lowest BCUT2D eigenvalue weighted by molar-refractivity contribution is 0.312. The number of fused-ring (bicyclic) bond motifs is 2. The zero-order valence-corrected chi connectivity index (χ0v) is 17.4. The van der Waals surface area contributed by atoms with Crippen LogP contribution in [0.2, 0.25) is 0 Å². The first-order valence-corrected chi connectivity index (χ1v) is 11.5. The maximum absolute atomic E-state index is 13.6. The third kappa shape index (κ3) is 3.21. The Hall–Kier alpha value is -2.41. The largest absolute Gasteiger partial charge is 0.369 e. The fraction of sp³-hybridized carbons (Fsp3) is 0.304. The van der Waals surface area contributed by atoms with Crippen molar-refractivity contribution in [3.8, 4) is 0 Å². The van der Waals surface area contributed by atoms with Gasteiger partial charge in [-0.2, -0.15) is 4.31 Å². The molecule has 3 aromatic carbocycles. The summed E-state index contributed by atoms with van der Waals surface area (Å²) in [6, 6.07) is 19.4. The van der Waals surface area contributed by atoms with Gasteiger partial charge in [0.1, 0.15) is 0 Å². The van der Waals surface area contributed by atoms with Crippen molar-refractivity contribution in [2.45, 2.75) is 18.0 Å². The van der Waals surface area contributed by atoms with Gasteiger partial charge in [0, 0.05) is 50.3 Å². The maximum Gasteiger partial charge on any atom is 0.244 e. The van der Waals surface area contributed by atoms with Crippen LogP contribution in [0.5, 0.6) is 0 Å². The van der Waals surface area contributed by atoms with E-state index in [-0.39, 0.29) is 0 Å². The molecule has 29 heavy (non-hydrogen) atoms. The molecule has 5 rings (SSSR count). The summed E-state index contributed by atoms with van der Waals surface area (Å²) >= 11 is 0. The minimum absolute atomic E-state index is 0.393. The summed E-state index contributed by atoms with van der Waals surface area (Å²) in [4.78, 5) is 5.12. The van der Waals surface area contributed by atoms with Crippen molar-refractivity contribution in [1.82, 2.24) is 9.21 Å². The molecule has 6 heteroatoms. The Kier molecular flexibility index (Phi) is 4.57. The Morgan fingerprint density at radius 3 is 2.34 bits per heavy atom. The van der Waals surface area contributed by atoms with E-state index in [1.54, 1.807) is 10.4 Å². The van der Waals surface area contributed by atoms with Gasteiger partial charge in [-0.05, 0) is 35.7 Å². The Labute approximate surface area is 172 Å². The van der Waals surface area contributed by atoms with Crippen molar-refractivity contribution >= 4 is 26.5 Å². The summed E-state index contributed by atoms with van der Waals surface area (Å²) < 4.78 is 28.7. The molecule has 0 amide bonds. The highest BCUT2D eigenvalue weighted by Gasteiger charge is 2.33. The number of nitrogens with zero attached hydrogens (tertiary/aromatic N) is 3. The lowest BCUT2D eigenvalue weighted by atomic mass is 10.1. The number of hydrogen-bond donors (Lipinski definition) is 0. The molecule has 2 aliphatic rings. The molecule has 0 N–H and O–H groups in total. The Balaban J connectivity index is 1.49. The van der Waals surface area contributed by atoms with E-state index in [1.165, 1.54) is 5.69 Å². The van der Waals surface area contributed by atoms with Gasteiger partial charge in [0.05, 0.1) is 4.90 Å². The van der Waals surface area contributed by atoms with Crippen molar-refractivity contribution in [3.63, 3.8) is 0 Å². The third-order valence-electron chi connectivity index (χ3n) is 6.14. The summed E-state index contributed by atoms with van der Waals surface area (Å²) in [6.45, 7) is 4.88. The fourth-order valence-electron chi connectivity index (χ4n) is 4.45. The standard InChI is InChI=1S/C23H25N3O2S/c1-24-12-14-25(15-13-24)22-10-4-8-19-16-26(17-21(19)22)29(27,28)23-11-5-7-18-6-2-3-9-20(18)23/h2-11H,12-17H2,1H3. The second kappa shape index (κ2) is 7.13. The van der Waals surface area contributed by atoms with E-state index in [0.29, 0.717) is 18.0 Å². The molecular formula is C23H25N3O2S. The fourth-order valence-corrected chi connectivity index (χ4v) is 6.05. The molecule has 2 heterocycles. The average Bonchev–Trinajstić information content (AvgIpc) is 3.19. The van der Waals surface area contributed by atoms with E-state index in [4.69, 9.17) is 0 Å². The van der Waals surface area contributed by atoms with Crippen molar-refractivity contribution < 1.29 is 8.42 Å². The van der Waals surface area contributed by atoms with Gasteiger partial charge in [0.25, 0.3) is 0 Å². The van der Waals surface area contributed by atoms with E-state index in [2.05, 4.69) is 35.0 Å². The Bertz CT molecular complexity index is 1160. The van der Waals surface area contributed by atoms with Gasteiger partial charge in [-0.3, -0.25) is 0 Å². The quantitative estimate of drug-likeness (QED) is 0.668. The first-order chi connectivity index (χ1) is 14.0. The van der Waals surface area contributed by atoms with Crippen LogP contribution in [0.25, 0.3) is 10.8 Å². The minimum atomic E-state index is -3.58.